The van der Waals surface area contributed by atoms with Crippen LogP contribution in [0.5, 0.6) is 0 Å². The summed E-state index contributed by atoms with van der Waals surface area (Å²) in [7, 11) is -4.23. The highest BCUT2D eigenvalue weighted by Crippen LogP contribution is 2.33. The second-order valence-corrected chi connectivity index (χ2v) is 11.9. The minimum Gasteiger partial charge on any atom is -0.352 e. The lowest BCUT2D eigenvalue weighted by molar-refractivity contribution is -0.139. The third kappa shape index (κ3) is 7.07. The van der Waals surface area contributed by atoms with Crippen LogP contribution in [0, 0.1) is 6.92 Å². The van der Waals surface area contributed by atoms with E-state index in [-0.39, 0.29) is 39.1 Å². The number of halogens is 2. The molecule has 3 aromatic rings. The van der Waals surface area contributed by atoms with Gasteiger partial charge in [-0.05, 0) is 69.2 Å². The molecule has 0 spiro atoms. The number of benzene rings is 3. The lowest BCUT2D eigenvalue weighted by Crippen LogP contribution is -2.52. The molecule has 1 unspecified atom stereocenters. The Balaban J connectivity index is 2.08. The second kappa shape index (κ2) is 12.7. The van der Waals surface area contributed by atoms with Crippen LogP contribution in [-0.2, 0) is 26.2 Å². The van der Waals surface area contributed by atoms with Gasteiger partial charge in [0, 0.05) is 17.6 Å². The van der Waals surface area contributed by atoms with Gasteiger partial charge in [0.1, 0.15) is 12.6 Å². The number of amides is 2. The number of sulfonamides is 1. The Kier molecular flexibility index (Phi) is 9.82. The van der Waals surface area contributed by atoms with Crippen LogP contribution in [0.4, 0.5) is 5.69 Å². The molecule has 0 aliphatic rings. The van der Waals surface area contributed by atoms with Crippen molar-refractivity contribution in [3.8, 4) is 0 Å². The largest absolute Gasteiger partial charge is 0.352 e. The molecule has 0 fully saturated rings. The number of nitrogens with zero attached hydrogens (tertiary/aromatic N) is 2. The zero-order chi connectivity index (χ0) is 28.0. The van der Waals surface area contributed by atoms with Gasteiger partial charge in [0.15, 0.2) is 0 Å². The van der Waals surface area contributed by atoms with Crippen molar-refractivity contribution in [2.24, 2.45) is 0 Å². The summed E-state index contributed by atoms with van der Waals surface area (Å²) >= 11 is 12.6. The van der Waals surface area contributed by atoms with E-state index in [1.807, 2.05) is 45.0 Å². The number of carbonyl (C=O) groups excluding carboxylic acids is 2. The first-order chi connectivity index (χ1) is 17.9. The fourth-order valence-electron chi connectivity index (χ4n) is 3.87. The van der Waals surface area contributed by atoms with Gasteiger partial charge in [-0.2, -0.15) is 0 Å². The average Bonchev–Trinajstić information content (AvgIpc) is 2.88. The van der Waals surface area contributed by atoms with E-state index in [9.17, 15) is 18.0 Å². The summed E-state index contributed by atoms with van der Waals surface area (Å²) in [5, 5.41) is 3.20. The zero-order valence-electron chi connectivity index (χ0n) is 21.7. The minimum absolute atomic E-state index is 0.0140. The Bertz CT molecular complexity index is 1400. The second-order valence-electron chi connectivity index (χ2n) is 9.21. The van der Waals surface area contributed by atoms with E-state index < -0.39 is 28.5 Å². The molecule has 0 bridgehead atoms. The summed E-state index contributed by atoms with van der Waals surface area (Å²) in [6.45, 7) is 6.70. The van der Waals surface area contributed by atoms with Gasteiger partial charge < -0.3 is 10.2 Å². The summed E-state index contributed by atoms with van der Waals surface area (Å²) in [5.74, 6) is -0.921. The molecular formula is C28H31Cl2N3O4S. The predicted molar refractivity (Wildman–Crippen MR) is 152 cm³/mol. The molecular weight excluding hydrogens is 545 g/mol. The smallest absolute Gasteiger partial charge is 0.264 e. The summed E-state index contributed by atoms with van der Waals surface area (Å²) < 4.78 is 28.5. The lowest BCUT2D eigenvalue weighted by Gasteiger charge is -2.33. The van der Waals surface area contributed by atoms with Gasteiger partial charge in [-0.3, -0.25) is 13.9 Å². The van der Waals surface area contributed by atoms with Crippen molar-refractivity contribution in [2.75, 3.05) is 10.8 Å². The first kappa shape index (κ1) is 29.5. The van der Waals surface area contributed by atoms with Crippen LogP contribution < -0.4 is 9.62 Å². The van der Waals surface area contributed by atoms with Crippen LogP contribution in [0.3, 0.4) is 0 Å². The Morgan fingerprint density at radius 2 is 1.55 bits per heavy atom. The molecule has 3 aromatic carbocycles. The Hall–Kier alpha value is -3.07. The number of hydrogen-bond donors (Lipinski definition) is 1. The topological polar surface area (TPSA) is 86.8 Å². The number of rotatable bonds is 10. The number of aryl methyl sites for hydroxylation is 1. The van der Waals surface area contributed by atoms with Crippen LogP contribution >= 0.6 is 23.2 Å². The van der Waals surface area contributed by atoms with Crippen molar-refractivity contribution >= 4 is 50.7 Å². The maximum Gasteiger partial charge on any atom is 0.264 e. The van der Waals surface area contributed by atoms with Gasteiger partial charge in [-0.25, -0.2) is 8.42 Å². The molecule has 0 heterocycles. The molecule has 202 valence electrons. The number of nitrogens with one attached hydrogen (secondary N) is 1. The summed E-state index contributed by atoms with van der Waals surface area (Å²) in [5.41, 5.74) is 1.84. The average molecular weight is 577 g/mol. The molecule has 10 heteroatoms. The van der Waals surface area contributed by atoms with Crippen molar-refractivity contribution in [1.29, 1.82) is 0 Å². The SMILES string of the molecule is Cc1ccccc1CN(C(=O)CN(c1cc(Cl)ccc1Cl)S(=O)(=O)c1ccccc1)C(C)C(=O)NC(C)C. The molecule has 38 heavy (non-hydrogen) atoms. The van der Waals surface area contributed by atoms with Crippen LogP contribution in [0.25, 0.3) is 0 Å². The Morgan fingerprint density at radius 3 is 2.18 bits per heavy atom. The molecule has 7 nitrogen and oxygen atoms in total. The highest BCUT2D eigenvalue weighted by molar-refractivity contribution is 7.92. The van der Waals surface area contributed by atoms with Gasteiger partial charge in [0.05, 0.1) is 15.6 Å². The monoisotopic (exact) mass is 575 g/mol. The maximum absolute atomic E-state index is 13.9. The van der Waals surface area contributed by atoms with Crippen molar-refractivity contribution in [1.82, 2.24) is 10.2 Å². The van der Waals surface area contributed by atoms with Gasteiger partial charge in [0.2, 0.25) is 11.8 Å². The Labute approximate surface area is 234 Å². The molecule has 1 atom stereocenters. The molecule has 0 radical (unpaired) electrons. The van der Waals surface area contributed by atoms with Gasteiger partial charge in [0.25, 0.3) is 10.0 Å². The van der Waals surface area contributed by atoms with Crippen LogP contribution in [0.1, 0.15) is 31.9 Å². The first-order valence-corrected chi connectivity index (χ1v) is 14.3. The van der Waals surface area contributed by atoms with E-state index in [2.05, 4.69) is 5.32 Å². The van der Waals surface area contributed by atoms with E-state index in [1.165, 1.54) is 35.2 Å². The molecule has 0 aromatic heterocycles. The number of anilines is 1. The van der Waals surface area contributed by atoms with E-state index in [0.29, 0.717) is 0 Å². The molecule has 3 rings (SSSR count). The van der Waals surface area contributed by atoms with E-state index >= 15 is 0 Å². The van der Waals surface area contributed by atoms with Crippen LogP contribution in [-0.4, -0.2) is 43.8 Å². The normalized spacial score (nSPS) is 12.2. The molecule has 2 amide bonds. The Morgan fingerprint density at radius 1 is 0.921 bits per heavy atom. The maximum atomic E-state index is 13.9. The third-order valence-corrected chi connectivity index (χ3v) is 8.32. The van der Waals surface area contributed by atoms with Gasteiger partial charge in [-0.15, -0.1) is 0 Å². The summed E-state index contributed by atoms with van der Waals surface area (Å²) in [6.07, 6.45) is 0. The third-order valence-electron chi connectivity index (χ3n) is 5.99. The fraction of sp³-hybridized carbons (Fsp3) is 0.286. The number of hydrogen-bond acceptors (Lipinski definition) is 4. The van der Waals surface area contributed by atoms with Crippen LogP contribution in [0.2, 0.25) is 10.0 Å². The minimum atomic E-state index is -4.23. The van der Waals surface area contributed by atoms with Crippen molar-refractivity contribution < 1.29 is 18.0 Å². The van der Waals surface area contributed by atoms with Crippen molar-refractivity contribution in [3.63, 3.8) is 0 Å². The zero-order valence-corrected chi connectivity index (χ0v) is 24.0. The lowest BCUT2D eigenvalue weighted by atomic mass is 10.1. The predicted octanol–water partition coefficient (Wildman–Crippen LogP) is 5.44. The highest BCUT2D eigenvalue weighted by atomic mass is 35.5. The first-order valence-electron chi connectivity index (χ1n) is 12.1. The van der Waals surface area contributed by atoms with Gasteiger partial charge in [-0.1, -0.05) is 65.7 Å². The molecule has 0 aliphatic carbocycles. The fourth-order valence-corrected chi connectivity index (χ4v) is 5.75. The molecule has 0 saturated carbocycles. The number of carbonyl (C=O) groups is 2. The summed E-state index contributed by atoms with van der Waals surface area (Å²) in [4.78, 5) is 28.3. The van der Waals surface area contributed by atoms with Crippen molar-refractivity contribution in [3.05, 3.63) is 94.0 Å². The van der Waals surface area contributed by atoms with E-state index in [0.717, 1.165) is 15.4 Å². The van der Waals surface area contributed by atoms with Crippen LogP contribution in [0.15, 0.2) is 77.7 Å². The standard InChI is InChI=1S/C28H31Cl2N3O4S/c1-19(2)31-28(35)21(4)32(17-22-11-9-8-10-20(22)3)27(34)18-33(26-16-23(29)14-15-25(26)30)38(36,37)24-12-6-5-7-13-24/h5-16,19,21H,17-18H2,1-4H3,(H,31,35). The highest BCUT2D eigenvalue weighted by Gasteiger charge is 2.33. The molecule has 0 aliphatic heterocycles. The van der Waals surface area contributed by atoms with Crippen molar-refractivity contribution in [2.45, 2.75) is 51.2 Å². The van der Waals surface area contributed by atoms with Gasteiger partial charge >= 0.3 is 0 Å². The van der Waals surface area contributed by atoms with E-state index in [4.69, 9.17) is 23.2 Å². The quantitative estimate of drug-likeness (QED) is 0.348. The summed E-state index contributed by atoms with van der Waals surface area (Å²) in [6, 6.07) is 18.7. The van der Waals surface area contributed by atoms with E-state index in [1.54, 1.807) is 25.1 Å². The molecule has 0 saturated heterocycles. The molecule has 1 N–H and O–H groups in total.